The van der Waals surface area contributed by atoms with Gasteiger partial charge in [-0.05, 0) is 32.0 Å². The number of fused-ring (bicyclic) bond motifs is 1. The molecule has 0 amide bonds. The third-order valence-electron chi connectivity index (χ3n) is 3.97. The lowest BCUT2D eigenvalue weighted by molar-refractivity contribution is -0.906. The molecule has 0 unspecified atom stereocenters. The van der Waals surface area contributed by atoms with Crippen molar-refractivity contribution in [2.45, 2.75) is 26.1 Å². The number of halogens is 1. The highest BCUT2D eigenvalue weighted by Gasteiger charge is 2.28. The summed E-state index contributed by atoms with van der Waals surface area (Å²) in [5.41, 5.74) is 1.36. The Kier molecular flexibility index (Phi) is 3.78. The number of quaternary nitrogens is 1. The molecule has 1 saturated heterocycles. The normalized spacial score (nSPS) is 26.1. The number of H-pyrrole nitrogens is 1. The van der Waals surface area contributed by atoms with Crippen LogP contribution in [0.4, 0.5) is 4.39 Å². The minimum atomic E-state index is -0.322. The Bertz CT molecular complexity index is 657. The Morgan fingerprint density at radius 2 is 2.10 bits per heavy atom. The fraction of sp³-hybridized carbons (Fsp3) is 0.438. The number of ether oxygens (including phenoxy) is 1. The van der Waals surface area contributed by atoms with Crippen LogP contribution in [0.2, 0.25) is 0 Å². The van der Waals surface area contributed by atoms with E-state index in [0.29, 0.717) is 17.5 Å². The number of aromatic amines is 1. The summed E-state index contributed by atoms with van der Waals surface area (Å²) in [4.78, 5) is 16.8. The Balaban J connectivity index is 1.79. The van der Waals surface area contributed by atoms with E-state index in [2.05, 4.69) is 4.98 Å². The van der Waals surface area contributed by atoms with Gasteiger partial charge in [-0.25, -0.2) is 4.39 Å². The van der Waals surface area contributed by atoms with Crippen LogP contribution >= 0.6 is 0 Å². The zero-order valence-corrected chi connectivity index (χ0v) is 12.3. The first kappa shape index (κ1) is 14.2. The summed E-state index contributed by atoms with van der Waals surface area (Å²) < 4.78 is 19.1. The molecule has 0 saturated carbocycles. The van der Waals surface area contributed by atoms with Crippen LogP contribution in [0.25, 0.3) is 10.9 Å². The Morgan fingerprint density at radius 1 is 1.38 bits per heavy atom. The number of morpholine rings is 1. The number of rotatable bonds is 3. The standard InChI is InChI=1S/C16H19FN2O2/c1-10-7-19(8-11(2)21-10)9-16(20)14-6-18-15-4-3-12(17)5-13(14)15/h3-6,10-11,18H,7-9H2,1-2H3/p+1/t10-,11-/m0/s1. The predicted molar refractivity (Wildman–Crippen MR) is 78.2 cm³/mol. The molecule has 2 atom stereocenters. The molecule has 5 heteroatoms. The fourth-order valence-electron chi connectivity index (χ4n) is 3.18. The van der Waals surface area contributed by atoms with E-state index in [4.69, 9.17) is 4.74 Å². The van der Waals surface area contributed by atoms with Crippen LogP contribution < -0.4 is 4.90 Å². The topological polar surface area (TPSA) is 46.5 Å². The van der Waals surface area contributed by atoms with Gasteiger partial charge in [0.05, 0.1) is 0 Å². The molecule has 2 aromatic rings. The molecule has 21 heavy (non-hydrogen) atoms. The van der Waals surface area contributed by atoms with E-state index in [1.807, 2.05) is 13.8 Å². The molecule has 1 aliphatic rings. The highest BCUT2D eigenvalue weighted by Crippen LogP contribution is 2.19. The molecule has 2 N–H and O–H groups in total. The summed E-state index contributed by atoms with van der Waals surface area (Å²) >= 11 is 0. The van der Waals surface area contributed by atoms with Crippen molar-refractivity contribution in [2.75, 3.05) is 19.6 Å². The van der Waals surface area contributed by atoms with Gasteiger partial charge in [0.2, 0.25) is 5.78 Å². The van der Waals surface area contributed by atoms with Crippen LogP contribution in [0, 0.1) is 5.82 Å². The van der Waals surface area contributed by atoms with Gasteiger partial charge in [-0.1, -0.05) is 0 Å². The Morgan fingerprint density at radius 3 is 2.81 bits per heavy atom. The van der Waals surface area contributed by atoms with Crippen molar-refractivity contribution < 1.29 is 18.8 Å². The molecule has 2 heterocycles. The molecule has 1 aromatic carbocycles. The van der Waals surface area contributed by atoms with E-state index in [0.717, 1.165) is 18.6 Å². The zero-order valence-electron chi connectivity index (χ0n) is 12.3. The summed E-state index contributed by atoms with van der Waals surface area (Å²) in [5.74, 6) is -0.278. The number of hydrogen-bond acceptors (Lipinski definition) is 2. The van der Waals surface area contributed by atoms with Gasteiger partial charge in [0, 0.05) is 22.7 Å². The summed E-state index contributed by atoms with van der Waals surface area (Å²) in [6, 6.07) is 4.47. The van der Waals surface area contributed by atoms with Crippen LogP contribution in [0.15, 0.2) is 24.4 Å². The van der Waals surface area contributed by atoms with Gasteiger partial charge in [-0.2, -0.15) is 0 Å². The number of benzene rings is 1. The lowest BCUT2D eigenvalue weighted by Crippen LogP contribution is -3.16. The van der Waals surface area contributed by atoms with Crippen molar-refractivity contribution in [3.63, 3.8) is 0 Å². The minimum absolute atomic E-state index is 0.0446. The second-order valence-corrected chi connectivity index (χ2v) is 5.91. The molecule has 0 aliphatic carbocycles. The smallest absolute Gasteiger partial charge is 0.219 e. The van der Waals surface area contributed by atoms with Crippen LogP contribution in [0.1, 0.15) is 24.2 Å². The first-order valence-electron chi connectivity index (χ1n) is 7.32. The van der Waals surface area contributed by atoms with Gasteiger partial charge < -0.3 is 14.6 Å². The lowest BCUT2D eigenvalue weighted by atomic mass is 10.1. The predicted octanol–water partition coefficient (Wildman–Crippen LogP) is 1.18. The lowest BCUT2D eigenvalue weighted by Gasteiger charge is -2.31. The van der Waals surface area contributed by atoms with Crippen molar-refractivity contribution in [3.8, 4) is 0 Å². The molecule has 3 rings (SSSR count). The maximum absolute atomic E-state index is 13.4. The number of ketones is 1. The van der Waals surface area contributed by atoms with Crippen molar-refractivity contribution in [1.82, 2.24) is 4.98 Å². The minimum Gasteiger partial charge on any atom is -0.364 e. The van der Waals surface area contributed by atoms with E-state index in [-0.39, 0.29) is 23.8 Å². The summed E-state index contributed by atoms with van der Waals surface area (Å²) in [6.07, 6.45) is 2.01. The first-order valence-corrected chi connectivity index (χ1v) is 7.32. The van der Waals surface area contributed by atoms with Gasteiger partial charge in [0.25, 0.3) is 0 Å². The molecule has 1 fully saturated rings. The average Bonchev–Trinajstić information content (AvgIpc) is 2.80. The first-order chi connectivity index (χ1) is 10.0. The monoisotopic (exact) mass is 291 g/mol. The third-order valence-corrected chi connectivity index (χ3v) is 3.97. The van der Waals surface area contributed by atoms with Crippen LogP contribution in [-0.4, -0.2) is 42.6 Å². The molecular formula is C16H20FN2O2+. The fourth-order valence-corrected chi connectivity index (χ4v) is 3.18. The molecule has 1 aliphatic heterocycles. The summed E-state index contributed by atoms with van der Waals surface area (Å²) in [5, 5.41) is 0.661. The molecule has 1 aromatic heterocycles. The third kappa shape index (κ3) is 2.99. The molecular weight excluding hydrogens is 271 g/mol. The summed E-state index contributed by atoms with van der Waals surface area (Å²) in [6.45, 7) is 6.13. The Labute approximate surface area is 122 Å². The molecule has 4 nitrogen and oxygen atoms in total. The van der Waals surface area contributed by atoms with E-state index in [1.54, 1.807) is 12.3 Å². The molecule has 0 spiro atoms. The highest BCUT2D eigenvalue weighted by atomic mass is 19.1. The van der Waals surface area contributed by atoms with Gasteiger partial charge in [-0.3, -0.25) is 4.79 Å². The van der Waals surface area contributed by atoms with Crippen molar-refractivity contribution in [2.24, 2.45) is 0 Å². The van der Waals surface area contributed by atoms with Crippen molar-refractivity contribution in [1.29, 1.82) is 0 Å². The van der Waals surface area contributed by atoms with Crippen LogP contribution in [0.5, 0.6) is 0 Å². The molecule has 112 valence electrons. The van der Waals surface area contributed by atoms with Gasteiger partial charge in [0.1, 0.15) is 37.7 Å². The molecule has 0 radical (unpaired) electrons. The van der Waals surface area contributed by atoms with Gasteiger partial charge in [0.15, 0.2) is 0 Å². The second kappa shape index (κ2) is 5.58. The van der Waals surface area contributed by atoms with Crippen molar-refractivity contribution >= 4 is 16.7 Å². The summed E-state index contributed by atoms with van der Waals surface area (Å²) in [7, 11) is 0. The number of hydrogen-bond donors (Lipinski definition) is 2. The SMILES string of the molecule is C[C@H]1C[NH+](CC(=O)c2c[nH]c3ccc(F)cc23)C[C@H](C)O1. The zero-order chi connectivity index (χ0) is 15.0. The maximum Gasteiger partial charge on any atom is 0.219 e. The number of Topliss-reactive ketones (excluding diaryl/α,β-unsaturated/α-hetero) is 1. The van der Waals surface area contributed by atoms with Crippen LogP contribution in [-0.2, 0) is 4.74 Å². The highest BCUT2D eigenvalue weighted by molar-refractivity contribution is 6.08. The van der Waals surface area contributed by atoms with E-state index in [9.17, 15) is 9.18 Å². The quantitative estimate of drug-likeness (QED) is 0.834. The molecule has 0 bridgehead atoms. The Hall–Kier alpha value is -1.72. The van der Waals surface area contributed by atoms with Crippen molar-refractivity contribution in [3.05, 3.63) is 35.8 Å². The van der Waals surface area contributed by atoms with Gasteiger partial charge >= 0.3 is 0 Å². The number of carbonyl (C=O) groups is 1. The number of carbonyl (C=O) groups excluding carboxylic acids is 1. The second-order valence-electron chi connectivity index (χ2n) is 5.91. The largest absolute Gasteiger partial charge is 0.364 e. The maximum atomic E-state index is 13.4. The van der Waals surface area contributed by atoms with Crippen LogP contribution in [0.3, 0.4) is 0 Å². The van der Waals surface area contributed by atoms with E-state index < -0.39 is 0 Å². The number of nitrogens with one attached hydrogen (secondary N) is 2. The van der Waals surface area contributed by atoms with E-state index in [1.165, 1.54) is 17.0 Å². The van der Waals surface area contributed by atoms with E-state index >= 15 is 0 Å². The number of aromatic nitrogens is 1. The van der Waals surface area contributed by atoms with Gasteiger partial charge in [-0.15, -0.1) is 0 Å². The average molecular weight is 291 g/mol.